The Kier molecular flexibility index (Phi) is 2.22. The van der Waals surface area contributed by atoms with Gasteiger partial charge in [-0.2, -0.15) is 4.99 Å². The molecule has 3 rings (SSSR count). The zero-order valence-electron chi connectivity index (χ0n) is 9.05. The lowest BCUT2D eigenvalue weighted by molar-refractivity contribution is 0.555. The highest BCUT2D eigenvalue weighted by molar-refractivity contribution is 6.19. The highest BCUT2D eigenvalue weighted by Crippen LogP contribution is 2.21. The maximum absolute atomic E-state index is 7.76. The molecule has 0 fully saturated rings. The van der Waals surface area contributed by atoms with Crippen LogP contribution in [0.25, 0.3) is 0 Å². The highest BCUT2D eigenvalue weighted by Gasteiger charge is 2.21. The van der Waals surface area contributed by atoms with Crippen LogP contribution in [0.4, 0.5) is 0 Å². The summed E-state index contributed by atoms with van der Waals surface area (Å²) < 4.78 is 5.68. The Hall–Kier alpha value is -2.42. The summed E-state index contributed by atoms with van der Waals surface area (Å²) in [6.45, 7) is 0. The van der Waals surface area contributed by atoms with Crippen LogP contribution in [-0.4, -0.2) is 11.7 Å². The number of nitrogens with one attached hydrogen (secondary N) is 1. The molecule has 0 unspecified atom stereocenters. The number of hydrogen-bond donors (Lipinski definition) is 1. The number of hydrogen-bond acceptors (Lipinski definition) is 2. The number of ether oxygens (including phenoxy) is 1. The molecule has 17 heavy (non-hydrogen) atoms. The third-order valence-corrected chi connectivity index (χ3v) is 2.58. The summed E-state index contributed by atoms with van der Waals surface area (Å²) in [5.74, 6) is 1.49. The number of benzene rings is 2. The average Bonchev–Trinajstić information content (AvgIpc) is 2.69. The summed E-state index contributed by atoms with van der Waals surface area (Å²) in [6.07, 6.45) is 0. The average molecular weight is 222 g/mol. The van der Waals surface area contributed by atoms with Gasteiger partial charge in [0.25, 0.3) is 0 Å². The fraction of sp³-hybridized carbons (Fsp3) is 0. The molecular weight excluding hydrogens is 212 g/mol. The van der Waals surface area contributed by atoms with Gasteiger partial charge >= 0.3 is 0 Å². The van der Waals surface area contributed by atoms with Crippen molar-refractivity contribution in [2.45, 2.75) is 0 Å². The lowest BCUT2D eigenvalue weighted by Crippen LogP contribution is -2.07. The van der Waals surface area contributed by atoms with E-state index in [1.807, 2.05) is 54.6 Å². The second-order valence-electron chi connectivity index (χ2n) is 3.73. The number of nitrogens with zero attached hydrogens (tertiary/aromatic N) is 1. The SMILES string of the molecule is N=C1N=C(Oc2ccccc2)c2ccccc21. The number of fused-ring (bicyclic) bond motifs is 1. The van der Waals surface area contributed by atoms with Crippen LogP contribution < -0.4 is 4.74 Å². The van der Waals surface area contributed by atoms with Crippen LogP contribution in [0, 0.1) is 5.41 Å². The van der Waals surface area contributed by atoms with Crippen LogP contribution >= 0.6 is 0 Å². The zero-order chi connectivity index (χ0) is 11.7. The van der Waals surface area contributed by atoms with Crippen molar-refractivity contribution in [3.63, 3.8) is 0 Å². The first-order valence-electron chi connectivity index (χ1n) is 5.34. The van der Waals surface area contributed by atoms with Gasteiger partial charge in [-0.15, -0.1) is 0 Å². The van der Waals surface area contributed by atoms with Crippen LogP contribution in [0.15, 0.2) is 59.6 Å². The molecule has 1 heterocycles. The first kappa shape index (κ1) is 9.78. The minimum atomic E-state index is 0.256. The topological polar surface area (TPSA) is 45.4 Å². The molecule has 1 N–H and O–H groups in total. The molecule has 2 aromatic carbocycles. The monoisotopic (exact) mass is 222 g/mol. The Morgan fingerprint density at radius 1 is 0.824 bits per heavy atom. The fourth-order valence-corrected chi connectivity index (χ4v) is 1.78. The summed E-state index contributed by atoms with van der Waals surface area (Å²) in [7, 11) is 0. The van der Waals surface area contributed by atoms with Crippen molar-refractivity contribution in [2.24, 2.45) is 4.99 Å². The van der Waals surface area contributed by atoms with Gasteiger partial charge in [-0.3, -0.25) is 5.41 Å². The summed E-state index contributed by atoms with van der Waals surface area (Å²) in [6, 6.07) is 17.1. The Morgan fingerprint density at radius 2 is 1.47 bits per heavy atom. The quantitative estimate of drug-likeness (QED) is 0.792. The van der Waals surface area contributed by atoms with E-state index in [2.05, 4.69) is 4.99 Å². The van der Waals surface area contributed by atoms with E-state index < -0.39 is 0 Å². The van der Waals surface area contributed by atoms with Crippen molar-refractivity contribution in [3.05, 3.63) is 65.7 Å². The van der Waals surface area contributed by atoms with Crippen molar-refractivity contribution in [1.82, 2.24) is 0 Å². The Morgan fingerprint density at radius 3 is 2.24 bits per heavy atom. The van der Waals surface area contributed by atoms with E-state index in [0.29, 0.717) is 5.90 Å². The van der Waals surface area contributed by atoms with Gasteiger partial charge in [-0.25, -0.2) is 0 Å². The van der Waals surface area contributed by atoms with E-state index >= 15 is 0 Å². The van der Waals surface area contributed by atoms with Crippen LogP contribution in [0.5, 0.6) is 5.75 Å². The molecular formula is C14H10N2O. The van der Waals surface area contributed by atoms with E-state index in [9.17, 15) is 0 Å². The summed E-state index contributed by atoms with van der Waals surface area (Å²) in [5.41, 5.74) is 1.69. The zero-order valence-corrected chi connectivity index (χ0v) is 9.05. The maximum Gasteiger partial charge on any atom is 0.229 e. The van der Waals surface area contributed by atoms with Crippen molar-refractivity contribution in [3.8, 4) is 5.75 Å². The van der Waals surface area contributed by atoms with Gasteiger partial charge in [0.2, 0.25) is 5.90 Å². The van der Waals surface area contributed by atoms with Gasteiger partial charge < -0.3 is 4.74 Å². The smallest absolute Gasteiger partial charge is 0.229 e. The Balaban J connectivity index is 1.96. The van der Waals surface area contributed by atoms with Crippen molar-refractivity contribution in [2.75, 3.05) is 0 Å². The first-order chi connectivity index (χ1) is 8.34. The summed E-state index contributed by atoms with van der Waals surface area (Å²) >= 11 is 0. The number of amidine groups is 1. The molecule has 0 aliphatic carbocycles. The number of aliphatic imine (C=N–C) groups is 1. The molecule has 82 valence electrons. The number of rotatable bonds is 1. The van der Waals surface area contributed by atoms with Gasteiger partial charge in [0, 0.05) is 11.1 Å². The molecule has 0 bridgehead atoms. The molecule has 3 heteroatoms. The number of para-hydroxylation sites is 1. The van der Waals surface area contributed by atoms with E-state index in [4.69, 9.17) is 10.1 Å². The molecule has 0 saturated heterocycles. The largest absolute Gasteiger partial charge is 0.438 e. The van der Waals surface area contributed by atoms with Crippen molar-refractivity contribution >= 4 is 11.7 Å². The van der Waals surface area contributed by atoms with Crippen LogP contribution in [0.3, 0.4) is 0 Å². The van der Waals surface area contributed by atoms with E-state index in [1.165, 1.54) is 0 Å². The fourth-order valence-electron chi connectivity index (χ4n) is 1.78. The predicted octanol–water partition coefficient (Wildman–Crippen LogP) is 2.85. The molecule has 0 spiro atoms. The third kappa shape index (κ3) is 1.72. The minimum absolute atomic E-state index is 0.256. The Bertz CT molecular complexity index is 603. The molecule has 0 saturated carbocycles. The molecule has 1 aliphatic heterocycles. The van der Waals surface area contributed by atoms with Crippen molar-refractivity contribution < 1.29 is 4.74 Å². The Labute approximate surface area is 98.9 Å². The van der Waals surface area contributed by atoms with Gasteiger partial charge in [-0.1, -0.05) is 36.4 Å². The van der Waals surface area contributed by atoms with Crippen LogP contribution in [0.1, 0.15) is 11.1 Å². The molecule has 0 amide bonds. The van der Waals surface area contributed by atoms with E-state index in [1.54, 1.807) is 0 Å². The van der Waals surface area contributed by atoms with Crippen LogP contribution in [-0.2, 0) is 0 Å². The van der Waals surface area contributed by atoms with Gasteiger partial charge in [0.1, 0.15) is 5.75 Å². The third-order valence-electron chi connectivity index (χ3n) is 2.58. The minimum Gasteiger partial charge on any atom is -0.438 e. The lowest BCUT2D eigenvalue weighted by atomic mass is 10.1. The summed E-state index contributed by atoms with van der Waals surface area (Å²) in [5, 5.41) is 7.76. The second-order valence-corrected chi connectivity index (χ2v) is 3.73. The van der Waals surface area contributed by atoms with Crippen LogP contribution in [0.2, 0.25) is 0 Å². The predicted molar refractivity (Wildman–Crippen MR) is 66.9 cm³/mol. The van der Waals surface area contributed by atoms with E-state index in [0.717, 1.165) is 16.9 Å². The van der Waals surface area contributed by atoms with Crippen molar-refractivity contribution in [1.29, 1.82) is 5.41 Å². The molecule has 0 aromatic heterocycles. The van der Waals surface area contributed by atoms with Gasteiger partial charge in [0.15, 0.2) is 5.84 Å². The van der Waals surface area contributed by atoms with Gasteiger partial charge in [-0.05, 0) is 18.2 Å². The highest BCUT2D eigenvalue weighted by atomic mass is 16.5. The first-order valence-corrected chi connectivity index (χ1v) is 5.34. The molecule has 1 aliphatic rings. The normalized spacial score (nSPS) is 13.2. The maximum atomic E-state index is 7.76. The second kappa shape index (κ2) is 3.87. The molecule has 3 nitrogen and oxygen atoms in total. The molecule has 2 aromatic rings. The van der Waals surface area contributed by atoms with E-state index in [-0.39, 0.29) is 5.84 Å². The standard InChI is InChI=1S/C14H10N2O/c15-13-11-8-4-5-9-12(11)14(16-13)17-10-6-2-1-3-7-10/h1-9,15H. The summed E-state index contributed by atoms with van der Waals surface area (Å²) in [4.78, 5) is 4.13. The van der Waals surface area contributed by atoms with Gasteiger partial charge in [0.05, 0.1) is 0 Å². The lowest BCUT2D eigenvalue weighted by Gasteiger charge is -2.05. The molecule has 0 atom stereocenters. The molecule has 0 radical (unpaired) electrons.